The highest BCUT2D eigenvalue weighted by molar-refractivity contribution is 4.46. The maximum absolute atomic E-state index is 5.40. The Balaban J connectivity index is 3.33. The first-order chi connectivity index (χ1) is 6.35. The fraction of sp³-hybridized carbons (Fsp3) is 1.00. The first-order valence-electron chi connectivity index (χ1n) is 5.07. The molecule has 13 heavy (non-hydrogen) atoms. The molecule has 80 valence electrons. The minimum absolute atomic E-state index is 0.0214. The Morgan fingerprint density at radius 1 is 1.00 bits per heavy atom. The quantitative estimate of drug-likeness (QED) is 0.412. The van der Waals surface area contributed by atoms with E-state index in [1.165, 1.54) is 0 Å². The van der Waals surface area contributed by atoms with Gasteiger partial charge in [0.15, 0.2) is 6.29 Å². The SMILES string of the molecule is CCOC(CCCCOC)OCC. The van der Waals surface area contributed by atoms with Crippen molar-refractivity contribution >= 4 is 0 Å². The van der Waals surface area contributed by atoms with Crippen LogP contribution in [0.25, 0.3) is 0 Å². The van der Waals surface area contributed by atoms with Gasteiger partial charge in [-0.05, 0) is 33.1 Å². The van der Waals surface area contributed by atoms with Crippen LogP contribution in [0.1, 0.15) is 33.1 Å². The highest BCUT2D eigenvalue weighted by atomic mass is 16.7. The summed E-state index contributed by atoms with van der Waals surface area (Å²) in [5.74, 6) is 0. The summed E-state index contributed by atoms with van der Waals surface area (Å²) in [7, 11) is 1.72. The highest BCUT2D eigenvalue weighted by Gasteiger charge is 2.06. The second-order valence-corrected chi connectivity index (χ2v) is 2.83. The minimum atomic E-state index is -0.0214. The van der Waals surface area contributed by atoms with Gasteiger partial charge in [0.25, 0.3) is 0 Å². The second kappa shape index (κ2) is 9.96. The Hall–Kier alpha value is -0.120. The van der Waals surface area contributed by atoms with E-state index in [1.54, 1.807) is 7.11 Å². The molecule has 0 saturated heterocycles. The fourth-order valence-electron chi connectivity index (χ4n) is 1.14. The van der Waals surface area contributed by atoms with Gasteiger partial charge in [0, 0.05) is 26.9 Å². The Morgan fingerprint density at radius 3 is 2.08 bits per heavy atom. The topological polar surface area (TPSA) is 27.7 Å². The molecule has 0 saturated carbocycles. The summed E-state index contributed by atoms with van der Waals surface area (Å²) < 4.78 is 15.8. The lowest BCUT2D eigenvalue weighted by atomic mass is 10.2. The summed E-state index contributed by atoms with van der Waals surface area (Å²) in [6.07, 6.45) is 3.11. The number of methoxy groups -OCH3 is 1. The molecule has 0 aromatic rings. The van der Waals surface area contributed by atoms with Crippen LogP contribution in [0, 0.1) is 0 Å². The van der Waals surface area contributed by atoms with E-state index in [4.69, 9.17) is 14.2 Å². The number of rotatable bonds is 9. The molecule has 0 atom stereocenters. The van der Waals surface area contributed by atoms with Crippen molar-refractivity contribution in [2.75, 3.05) is 26.9 Å². The molecule has 3 heteroatoms. The maximum Gasteiger partial charge on any atom is 0.157 e. The fourth-order valence-corrected chi connectivity index (χ4v) is 1.14. The predicted molar refractivity (Wildman–Crippen MR) is 52.8 cm³/mol. The Bertz CT molecular complexity index is 90.2. The smallest absolute Gasteiger partial charge is 0.157 e. The highest BCUT2D eigenvalue weighted by Crippen LogP contribution is 2.06. The minimum Gasteiger partial charge on any atom is -0.385 e. The van der Waals surface area contributed by atoms with Gasteiger partial charge in [-0.2, -0.15) is 0 Å². The zero-order chi connectivity index (χ0) is 9.94. The summed E-state index contributed by atoms with van der Waals surface area (Å²) in [6, 6.07) is 0. The van der Waals surface area contributed by atoms with Crippen molar-refractivity contribution in [3.05, 3.63) is 0 Å². The Morgan fingerprint density at radius 2 is 1.62 bits per heavy atom. The third kappa shape index (κ3) is 8.22. The molecule has 0 spiro atoms. The van der Waals surface area contributed by atoms with Crippen molar-refractivity contribution in [2.45, 2.75) is 39.4 Å². The predicted octanol–water partition coefficient (Wildman–Crippen LogP) is 2.20. The summed E-state index contributed by atoms with van der Waals surface area (Å²) >= 11 is 0. The average Bonchev–Trinajstić information content (AvgIpc) is 2.13. The van der Waals surface area contributed by atoms with Crippen molar-refractivity contribution in [1.82, 2.24) is 0 Å². The molecule has 0 unspecified atom stereocenters. The van der Waals surface area contributed by atoms with Crippen LogP contribution in [-0.4, -0.2) is 33.2 Å². The van der Waals surface area contributed by atoms with Crippen LogP contribution in [0.2, 0.25) is 0 Å². The number of hydrogen-bond acceptors (Lipinski definition) is 3. The van der Waals surface area contributed by atoms with Gasteiger partial charge >= 0.3 is 0 Å². The van der Waals surface area contributed by atoms with E-state index in [0.717, 1.165) is 39.1 Å². The first-order valence-corrected chi connectivity index (χ1v) is 5.07. The Kier molecular flexibility index (Phi) is 9.87. The van der Waals surface area contributed by atoms with E-state index in [2.05, 4.69) is 0 Å². The van der Waals surface area contributed by atoms with Gasteiger partial charge < -0.3 is 14.2 Å². The molecule has 0 aromatic heterocycles. The van der Waals surface area contributed by atoms with Crippen LogP contribution in [0.5, 0.6) is 0 Å². The van der Waals surface area contributed by atoms with E-state index in [-0.39, 0.29) is 6.29 Å². The molecule has 0 amide bonds. The zero-order valence-corrected chi connectivity index (χ0v) is 9.04. The van der Waals surface area contributed by atoms with Crippen LogP contribution in [0.3, 0.4) is 0 Å². The summed E-state index contributed by atoms with van der Waals surface area (Å²) in [5, 5.41) is 0. The molecule has 3 nitrogen and oxygen atoms in total. The average molecular weight is 190 g/mol. The lowest BCUT2D eigenvalue weighted by molar-refractivity contribution is -0.140. The maximum atomic E-state index is 5.40. The molecule has 0 heterocycles. The summed E-state index contributed by atoms with van der Waals surface area (Å²) in [5.41, 5.74) is 0. The molecule has 0 bridgehead atoms. The molecular weight excluding hydrogens is 168 g/mol. The van der Waals surface area contributed by atoms with Gasteiger partial charge in [-0.3, -0.25) is 0 Å². The van der Waals surface area contributed by atoms with E-state index < -0.39 is 0 Å². The van der Waals surface area contributed by atoms with Crippen LogP contribution in [0.15, 0.2) is 0 Å². The Labute approximate surface area is 81.4 Å². The molecule has 0 aliphatic rings. The van der Waals surface area contributed by atoms with Crippen molar-refractivity contribution < 1.29 is 14.2 Å². The molecule has 0 radical (unpaired) electrons. The number of unbranched alkanes of at least 4 members (excludes halogenated alkanes) is 1. The molecule has 0 aromatic carbocycles. The van der Waals surface area contributed by atoms with Crippen molar-refractivity contribution in [3.8, 4) is 0 Å². The molecule has 0 N–H and O–H groups in total. The van der Waals surface area contributed by atoms with E-state index in [1.807, 2.05) is 13.8 Å². The molecule has 0 aliphatic carbocycles. The lowest BCUT2D eigenvalue weighted by Gasteiger charge is -2.16. The van der Waals surface area contributed by atoms with Gasteiger partial charge in [-0.1, -0.05) is 0 Å². The molecular formula is C10H22O3. The largest absolute Gasteiger partial charge is 0.385 e. The van der Waals surface area contributed by atoms with Crippen LogP contribution >= 0.6 is 0 Å². The van der Waals surface area contributed by atoms with E-state index in [9.17, 15) is 0 Å². The third-order valence-electron chi connectivity index (χ3n) is 1.74. The van der Waals surface area contributed by atoms with Gasteiger partial charge in [0.1, 0.15) is 0 Å². The monoisotopic (exact) mass is 190 g/mol. The number of ether oxygens (including phenoxy) is 3. The van der Waals surface area contributed by atoms with Crippen LogP contribution in [0.4, 0.5) is 0 Å². The van der Waals surface area contributed by atoms with Crippen LogP contribution in [-0.2, 0) is 14.2 Å². The molecule has 0 fully saturated rings. The van der Waals surface area contributed by atoms with E-state index >= 15 is 0 Å². The third-order valence-corrected chi connectivity index (χ3v) is 1.74. The number of hydrogen-bond donors (Lipinski definition) is 0. The van der Waals surface area contributed by atoms with E-state index in [0.29, 0.717) is 0 Å². The second-order valence-electron chi connectivity index (χ2n) is 2.83. The van der Waals surface area contributed by atoms with Gasteiger partial charge in [0.2, 0.25) is 0 Å². The van der Waals surface area contributed by atoms with Crippen LogP contribution < -0.4 is 0 Å². The summed E-state index contributed by atoms with van der Waals surface area (Å²) in [4.78, 5) is 0. The van der Waals surface area contributed by atoms with Crippen molar-refractivity contribution in [1.29, 1.82) is 0 Å². The van der Waals surface area contributed by atoms with Crippen molar-refractivity contribution in [2.24, 2.45) is 0 Å². The van der Waals surface area contributed by atoms with Gasteiger partial charge in [-0.25, -0.2) is 0 Å². The molecule has 0 aliphatic heterocycles. The van der Waals surface area contributed by atoms with Gasteiger partial charge in [-0.15, -0.1) is 0 Å². The lowest BCUT2D eigenvalue weighted by Crippen LogP contribution is -2.17. The standard InChI is InChI=1S/C10H22O3/c1-4-12-10(13-5-2)8-6-7-9-11-3/h10H,4-9H2,1-3H3. The summed E-state index contributed by atoms with van der Waals surface area (Å²) in [6.45, 7) is 6.23. The van der Waals surface area contributed by atoms with Gasteiger partial charge in [0.05, 0.1) is 0 Å². The zero-order valence-electron chi connectivity index (χ0n) is 9.04. The normalized spacial score (nSPS) is 11.1. The molecule has 0 rings (SSSR count). The first kappa shape index (κ1) is 12.9. The van der Waals surface area contributed by atoms with Crippen molar-refractivity contribution in [3.63, 3.8) is 0 Å².